The fourth-order valence-electron chi connectivity index (χ4n) is 5.13. The molecule has 9 nitrogen and oxygen atoms in total. The predicted molar refractivity (Wildman–Crippen MR) is 182 cm³/mol. The maximum atomic E-state index is 13.8. The van der Waals surface area contributed by atoms with E-state index in [9.17, 15) is 9.36 Å². The van der Waals surface area contributed by atoms with Gasteiger partial charge >= 0.3 is 13.3 Å². The minimum absolute atomic E-state index is 0.0188. The summed E-state index contributed by atoms with van der Waals surface area (Å²) < 4.78 is 40.0. The molecule has 0 saturated heterocycles. The third-order valence-electron chi connectivity index (χ3n) is 6.94. The number of hydrogen-bond acceptors (Lipinski definition) is 8. The highest BCUT2D eigenvalue weighted by atomic mass is 31.2. The first-order chi connectivity index (χ1) is 22.1. The van der Waals surface area contributed by atoms with Crippen molar-refractivity contribution in [2.75, 3.05) is 24.8 Å². The Hall–Kier alpha value is -3.85. The molecule has 4 rings (SSSR count). The Kier molecular flexibility index (Phi) is 12.7. The highest BCUT2D eigenvalue weighted by Crippen LogP contribution is 2.51. The molecule has 1 heterocycles. The largest absolute Gasteiger partial charge is 0.366 e. The van der Waals surface area contributed by atoms with E-state index in [0.717, 1.165) is 16.7 Å². The zero-order valence-corrected chi connectivity index (χ0v) is 27.8. The Balaban J connectivity index is 1.74. The molecule has 0 spiro atoms. The first kappa shape index (κ1) is 35.0. The van der Waals surface area contributed by atoms with E-state index >= 15 is 0 Å². The molecule has 0 bridgehead atoms. The number of rotatable bonds is 18. The Morgan fingerprint density at radius 2 is 1.35 bits per heavy atom. The van der Waals surface area contributed by atoms with Gasteiger partial charge in [0.2, 0.25) is 0 Å². The lowest BCUT2D eigenvalue weighted by molar-refractivity contribution is -0.0648. The third kappa shape index (κ3) is 9.34. The molecule has 10 heteroatoms. The van der Waals surface area contributed by atoms with Crippen LogP contribution in [-0.2, 0) is 35.2 Å². The van der Waals surface area contributed by atoms with Gasteiger partial charge in [0.15, 0.2) is 0 Å². The summed E-state index contributed by atoms with van der Waals surface area (Å²) in [6.45, 7) is 11.4. The van der Waals surface area contributed by atoms with Gasteiger partial charge in [-0.1, -0.05) is 97.1 Å². The molecular weight excluding hydrogens is 601 g/mol. The number of aromatic nitrogens is 2. The molecular formula is C36H44N3O6P. The van der Waals surface area contributed by atoms with Gasteiger partial charge in [0, 0.05) is 12.7 Å². The van der Waals surface area contributed by atoms with E-state index in [-0.39, 0.29) is 31.7 Å². The van der Waals surface area contributed by atoms with Crippen LogP contribution in [0.15, 0.2) is 121 Å². The number of benzene rings is 3. The summed E-state index contributed by atoms with van der Waals surface area (Å²) in [5, 5.41) is 3.03. The van der Waals surface area contributed by atoms with Gasteiger partial charge in [-0.25, -0.2) is 4.79 Å². The first-order valence-electron chi connectivity index (χ1n) is 15.5. The summed E-state index contributed by atoms with van der Waals surface area (Å²) in [4.78, 5) is 17.2. The summed E-state index contributed by atoms with van der Waals surface area (Å²) in [7, 11) is -3.66. The molecule has 0 aliphatic carbocycles. The van der Waals surface area contributed by atoms with Crippen molar-refractivity contribution in [3.63, 3.8) is 0 Å². The van der Waals surface area contributed by atoms with Crippen LogP contribution in [0.5, 0.6) is 0 Å². The van der Waals surface area contributed by atoms with Gasteiger partial charge in [-0.2, -0.15) is 4.98 Å². The summed E-state index contributed by atoms with van der Waals surface area (Å²) in [6, 6.07) is 31.6. The Labute approximate surface area is 271 Å². The van der Waals surface area contributed by atoms with Crippen LogP contribution in [0.2, 0.25) is 0 Å². The number of anilines is 1. The highest BCUT2D eigenvalue weighted by molar-refractivity contribution is 7.53. The van der Waals surface area contributed by atoms with E-state index in [4.69, 9.17) is 18.5 Å². The van der Waals surface area contributed by atoms with Gasteiger partial charge < -0.3 is 23.8 Å². The molecule has 0 saturated carbocycles. The fraction of sp³-hybridized carbons (Fsp3) is 0.333. The standard InChI is InChI=1S/C36H44N3O6P/c1-6-23-37-34-22-24-39(35(40)38-34)25-33(42-27-46(41,44-28(2)3)45-29(4)5)26-43-36(30-16-10-7-11-17-30,31-18-12-8-13-19-31)32-20-14-9-15-21-32/h6-22,24,28-29,33H,1,23,25-27H2,2-5H3,(H,37,38,40)/t33-/m0/s1. The van der Waals surface area contributed by atoms with Crippen LogP contribution in [0.4, 0.5) is 5.82 Å². The lowest BCUT2D eigenvalue weighted by atomic mass is 9.80. The van der Waals surface area contributed by atoms with Crippen molar-refractivity contribution in [2.24, 2.45) is 0 Å². The molecule has 1 aromatic heterocycles. The van der Waals surface area contributed by atoms with Crippen molar-refractivity contribution in [3.05, 3.63) is 143 Å². The van der Waals surface area contributed by atoms with E-state index in [0.29, 0.717) is 12.4 Å². The smallest absolute Gasteiger partial charge is 0.356 e. The SMILES string of the molecule is C=CCNc1ccn(C[C@@H](COC(c2ccccc2)(c2ccccc2)c2ccccc2)OCP(=O)(OC(C)C)OC(C)C)c(=O)n1. The number of ether oxygens (including phenoxy) is 2. The predicted octanol–water partition coefficient (Wildman–Crippen LogP) is 7.24. The fourth-order valence-corrected chi connectivity index (χ4v) is 6.98. The summed E-state index contributed by atoms with van der Waals surface area (Å²) in [5.74, 6) is 0.436. The van der Waals surface area contributed by atoms with E-state index in [1.54, 1.807) is 46.0 Å². The van der Waals surface area contributed by atoms with Gasteiger partial charge in [0.25, 0.3) is 0 Å². The molecule has 0 unspecified atom stereocenters. The second kappa shape index (κ2) is 16.6. The number of nitrogens with zero attached hydrogens (tertiary/aromatic N) is 2. The van der Waals surface area contributed by atoms with Gasteiger partial charge in [0.1, 0.15) is 17.8 Å². The molecule has 0 aliphatic heterocycles. The van der Waals surface area contributed by atoms with E-state index in [1.807, 2.05) is 91.0 Å². The molecule has 244 valence electrons. The molecule has 0 amide bonds. The van der Waals surface area contributed by atoms with Crippen molar-refractivity contribution in [1.29, 1.82) is 0 Å². The number of hydrogen-bond donors (Lipinski definition) is 1. The quantitative estimate of drug-likeness (QED) is 0.0687. The monoisotopic (exact) mass is 645 g/mol. The highest BCUT2D eigenvalue weighted by Gasteiger charge is 2.39. The van der Waals surface area contributed by atoms with Crippen molar-refractivity contribution in [3.8, 4) is 0 Å². The molecule has 3 aromatic carbocycles. The summed E-state index contributed by atoms with van der Waals surface area (Å²) >= 11 is 0. The second-order valence-electron chi connectivity index (χ2n) is 11.3. The molecule has 0 fully saturated rings. The maximum Gasteiger partial charge on any atom is 0.356 e. The van der Waals surface area contributed by atoms with Gasteiger partial charge in [-0.15, -0.1) is 6.58 Å². The van der Waals surface area contributed by atoms with Gasteiger partial charge in [-0.05, 0) is 50.5 Å². The van der Waals surface area contributed by atoms with Crippen LogP contribution >= 0.6 is 7.60 Å². The lowest BCUT2D eigenvalue weighted by Gasteiger charge is -2.37. The molecule has 4 aromatic rings. The lowest BCUT2D eigenvalue weighted by Crippen LogP contribution is -2.39. The average molecular weight is 646 g/mol. The van der Waals surface area contributed by atoms with Crippen LogP contribution in [0.3, 0.4) is 0 Å². The molecule has 0 aliphatic rings. The Morgan fingerprint density at radius 1 is 0.848 bits per heavy atom. The molecule has 1 atom stereocenters. The number of nitrogens with one attached hydrogen (secondary N) is 1. The van der Waals surface area contributed by atoms with Crippen LogP contribution in [0.1, 0.15) is 44.4 Å². The zero-order chi connectivity index (χ0) is 33.0. The Bertz CT molecular complexity index is 1500. The summed E-state index contributed by atoms with van der Waals surface area (Å²) in [5.41, 5.74) is 1.25. The zero-order valence-electron chi connectivity index (χ0n) is 27.0. The van der Waals surface area contributed by atoms with Crippen molar-refractivity contribution in [1.82, 2.24) is 9.55 Å². The van der Waals surface area contributed by atoms with Crippen LogP contribution in [0, 0.1) is 0 Å². The van der Waals surface area contributed by atoms with E-state index in [2.05, 4.69) is 16.9 Å². The normalized spacial score (nSPS) is 12.7. The van der Waals surface area contributed by atoms with Crippen molar-refractivity contribution < 1.29 is 23.1 Å². The topological polar surface area (TPSA) is 101 Å². The van der Waals surface area contributed by atoms with E-state index in [1.165, 1.54) is 4.57 Å². The molecule has 46 heavy (non-hydrogen) atoms. The van der Waals surface area contributed by atoms with Crippen LogP contribution in [-0.4, -0.2) is 47.4 Å². The van der Waals surface area contributed by atoms with E-state index < -0.39 is 25.0 Å². The van der Waals surface area contributed by atoms with Gasteiger partial charge in [0.05, 0.1) is 31.5 Å². The summed E-state index contributed by atoms with van der Waals surface area (Å²) in [6.07, 6.45) is 1.54. The van der Waals surface area contributed by atoms with Crippen LogP contribution in [0.25, 0.3) is 0 Å². The van der Waals surface area contributed by atoms with Crippen LogP contribution < -0.4 is 11.0 Å². The molecule has 0 radical (unpaired) electrons. The maximum absolute atomic E-state index is 13.8. The third-order valence-corrected chi connectivity index (χ3v) is 8.89. The Morgan fingerprint density at radius 3 is 1.78 bits per heavy atom. The average Bonchev–Trinajstić information content (AvgIpc) is 3.04. The van der Waals surface area contributed by atoms with Gasteiger partial charge in [-0.3, -0.25) is 9.13 Å². The van der Waals surface area contributed by atoms with Crippen molar-refractivity contribution >= 4 is 13.4 Å². The van der Waals surface area contributed by atoms with Crippen molar-refractivity contribution in [2.45, 2.75) is 58.2 Å². The molecule has 1 N–H and O–H groups in total. The minimum atomic E-state index is -3.66. The first-order valence-corrected chi connectivity index (χ1v) is 17.2. The minimum Gasteiger partial charge on any atom is -0.366 e. The second-order valence-corrected chi connectivity index (χ2v) is 13.2.